The lowest BCUT2D eigenvalue weighted by Crippen LogP contribution is -2.52. The molecule has 1 aromatic carbocycles. The van der Waals surface area contributed by atoms with Crippen molar-refractivity contribution in [2.45, 2.75) is 44.2 Å². The zero-order valence-corrected chi connectivity index (χ0v) is 14.7. The van der Waals surface area contributed by atoms with Crippen LogP contribution in [0.15, 0.2) is 24.3 Å². The largest absolute Gasteiger partial charge is 0.368 e. The summed E-state index contributed by atoms with van der Waals surface area (Å²) in [5, 5.41) is 0.649. The predicted molar refractivity (Wildman–Crippen MR) is 93.8 cm³/mol. The molecule has 0 saturated carbocycles. The van der Waals surface area contributed by atoms with Crippen molar-refractivity contribution in [2.75, 3.05) is 13.1 Å². The predicted octanol–water partition coefficient (Wildman–Crippen LogP) is 1.35. The van der Waals surface area contributed by atoms with E-state index in [-0.39, 0.29) is 17.9 Å². The Kier molecular flexibility index (Phi) is 5.27. The van der Waals surface area contributed by atoms with Crippen molar-refractivity contribution in [3.8, 4) is 0 Å². The number of carbonyl (C=O) groups excluding carboxylic acids is 3. The van der Waals surface area contributed by atoms with Gasteiger partial charge in [0.2, 0.25) is 17.7 Å². The Balaban J connectivity index is 1.56. The normalized spacial score (nSPS) is 21.6. The number of hydrogen-bond donors (Lipinski definition) is 1. The second-order valence-corrected chi connectivity index (χ2v) is 7.11. The molecule has 0 spiro atoms. The molecule has 2 fully saturated rings. The van der Waals surface area contributed by atoms with Gasteiger partial charge in [-0.1, -0.05) is 23.7 Å². The number of amides is 3. The van der Waals surface area contributed by atoms with E-state index in [1.807, 2.05) is 17.0 Å². The van der Waals surface area contributed by atoms with E-state index in [0.717, 1.165) is 5.56 Å². The van der Waals surface area contributed by atoms with E-state index in [2.05, 4.69) is 0 Å². The fraction of sp³-hybridized carbons (Fsp3) is 0.500. The number of rotatable bonds is 4. The van der Waals surface area contributed by atoms with Gasteiger partial charge in [0, 0.05) is 30.6 Å². The smallest absolute Gasteiger partial charge is 0.240 e. The van der Waals surface area contributed by atoms with Crippen LogP contribution < -0.4 is 5.73 Å². The fourth-order valence-electron chi connectivity index (χ4n) is 3.72. The molecule has 2 aliphatic heterocycles. The maximum Gasteiger partial charge on any atom is 0.240 e. The maximum atomic E-state index is 12.5. The van der Waals surface area contributed by atoms with Crippen LogP contribution in [0, 0.1) is 0 Å². The van der Waals surface area contributed by atoms with E-state index in [0.29, 0.717) is 50.2 Å². The van der Waals surface area contributed by atoms with Gasteiger partial charge in [-0.15, -0.1) is 0 Å². The molecule has 25 heavy (non-hydrogen) atoms. The Morgan fingerprint density at radius 1 is 1.12 bits per heavy atom. The van der Waals surface area contributed by atoms with Crippen molar-refractivity contribution >= 4 is 29.3 Å². The molecule has 2 aliphatic rings. The molecule has 0 aliphatic carbocycles. The monoisotopic (exact) mass is 363 g/mol. The SMILES string of the molecule is NC(=O)C1CCC(=O)N1C1CCN(C(=O)Cc2ccc(Cl)cc2)CC1. The molecule has 7 heteroatoms. The second kappa shape index (κ2) is 7.44. The third kappa shape index (κ3) is 3.95. The molecule has 1 unspecified atom stereocenters. The Morgan fingerprint density at radius 3 is 2.36 bits per heavy atom. The van der Waals surface area contributed by atoms with Gasteiger partial charge in [0.05, 0.1) is 6.42 Å². The van der Waals surface area contributed by atoms with Crippen LogP contribution >= 0.6 is 11.6 Å². The molecule has 0 aromatic heterocycles. The molecule has 1 aromatic rings. The van der Waals surface area contributed by atoms with Gasteiger partial charge in [0.1, 0.15) is 6.04 Å². The molecule has 0 radical (unpaired) electrons. The third-order valence-corrected chi connectivity index (χ3v) is 5.31. The first-order valence-corrected chi connectivity index (χ1v) is 8.96. The minimum atomic E-state index is -0.492. The first-order valence-electron chi connectivity index (χ1n) is 8.58. The summed E-state index contributed by atoms with van der Waals surface area (Å²) in [5.41, 5.74) is 6.35. The van der Waals surface area contributed by atoms with Gasteiger partial charge in [0.25, 0.3) is 0 Å². The number of nitrogens with zero attached hydrogens (tertiary/aromatic N) is 2. The molecule has 3 amide bonds. The van der Waals surface area contributed by atoms with Crippen LogP contribution in [0.25, 0.3) is 0 Å². The van der Waals surface area contributed by atoms with Crippen molar-refractivity contribution in [1.29, 1.82) is 0 Å². The Labute approximate surface area is 151 Å². The molecular formula is C18H22ClN3O3. The molecule has 0 bridgehead atoms. The van der Waals surface area contributed by atoms with Crippen molar-refractivity contribution < 1.29 is 14.4 Å². The summed E-state index contributed by atoms with van der Waals surface area (Å²) in [7, 11) is 0. The first-order chi connectivity index (χ1) is 12.0. The first kappa shape index (κ1) is 17.7. The van der Waals surface area contributed by atoms with Gasteiger partial charge >= 0.3 is 0 Å². The lowest BCUT2D eigenvalue weighted by molar-refractivity contribution is -0.139. The second-order valence-electron chi connectivity index (χ2n) is 6.67. The van der Waals surface area contributed by atoms with Crippen molar-refractivity contribution in [3.63, 3.8) is 0 Å². The number of carbonyl (C=O) groups is 3. The summed E-state index contributed by atoms with van der Waals surface area (Å²) in [5.74, 6) is -0.373. The highest BCUT2D eigenvalue weighted by Crippen LogP contribution is 2.27. The summed E-state index contributed by atoms with van der Waals surface area (Å²) in [6.45, 7) is 1.18. The quantitative estimate of drug-likeness (QED) is 0.876. The lowest BCUT2D eigenvalue weighted by Gasteiger charge is -2.38. The molecule has 134 valence electrons. The lowest BCUT2D eigenvalue weighted by atomic mass is 10.0. The van der Waals surface area contributed by atoms with E-state index in [4.69, 9.17) is 17.3 Å². The van der Waals surface area contributed by atoms with Crippen LogP contribution in [-0.2, 0) is 20.8 Å². The van der Waals surface area contributed by atoms with Crippen LogP contribution in [0.5, 0.6) is 0 Å². The molecule has 2 heterocycles. The topological polar surface area (TPSA) is 83.7 Å². The molecule has 3 rings (SSSR count). The van der Waals surface area contributed by atoms with E-state index >= 15 is 0 Å². The number of primary amides is 1. The van der Waals surface area contributed by atoms with E-state index in [1.54, 1.807) is 17.0 Å². The number of nitrogens with two attached hydrogens (primary N) is 1. The average Bonchev–Trinajstić information content (AvgIpc) is 2.99. The van der Waals surface area contributed by atoms with Gasteiger partial charge < -0.3 is 15.5 Å². The summed E-state index contributed by atoms with van der Waals surface area (Å²) >= 11 is 5.86. The molecular weight excluding hydrogens is 342 g/mol. The highest BCUT2D eigenvalue weighted by atomic mass is 35.5. The molecule has 2 N–H and O–H groups in total. The summed E-state index contributed by atoms with van der Waals surface area (Å²) in [6.07, 6.45) is 2.59. The van der Waals surface area contributed by atoms with Gasteiger partial charge in [-0.05, 0) is 37.0 Å². The van der Waals surface area contributed by atoms with Gasteiger partial charge in [-0.25, -0.2) is 0 Å². The number of likely N-dealkylation sites (tertiary alicyclic amines) is 2. The van der Waals surface area contributed by atoms with Gasteiger partial charge in [0.15, 0.2) is 0 Å². The van der Waals surface area contributed by atoms with Crippen LogP contribution in [-0.4, -0.2) is 52.7 Å². The Morgan fingerprint density at radius 2 is 1.76 bits per heavy atom. The summed E-state index contributed by atoms with van der Waals surface area (Å²) in [6, 6.07) is 6.76. The number of piperidine rings is 1. The van der Waals surface area contributed by atoms with Gasteiger partial charge in [-0.2, -0.15) is 0 Å². The summed E-state index contributed by atoms with van der Waals surface area (Å²) < 4.78 is 0. The maximum absolute atomic E-state index is 12.5. The van der Waals surface area contributed by atoms with Crippen LogP contribution in [0.3, 0.4) is 0 Å². The molecule has 6 nitrogen and oxygen atoms in total. The fourth-order valence-corrected chi connectivity index (χ4v) is 3.85. The zero-order chi connectivity index (χ0) is 18.0. The highest BCUT2D eigenvalue weighted by molar-refractivity contribution is 6.30. The van der Waals surface area contributed by atoms with Crippen molar-refractivity contribution in [2.24, 2.45) is 5.73 Å². The summed E-state index contributed by atoms with van der Waals surface area (Å²) in [4.78, 5) is 39.6. The standard InChI is InChI=1S/C18H22ClN3O3/c19-13-3-1-12(2-4-13)11-17(24)21-9-7-14(8-10-21)22-15(18(20)25)5-6-16(22)23/h1-4,14-15H,5-11H2,(H2,20,25). The molecule has 2 saturated heterocycles. The Bertz CT molecular complexity index is 669. The van der Waals surface area contributed by atoms with Crippen molar-refractivity contribution in [3.05, 3.63) is 34.9 Å². The number of halogens is 1. The highest BCUT2D eigenvalue weighted by Gasteiger charge is 2.40. The van der Waals surface area contributed by atoms with Crippen molar-refractivity contribution in [1.82, 2.24) is 9.80 Å². The third-order valence-electron chi connectivity index (χ3n) is 5.06. The van der Waals surface area contributed by atoms with Crippen LogP contribution in [0.1, 0.15) is 31.2 Å². The number of hydrogen-bond acceptors (Lipinski definition) is 3. The van der Waals surface area contributed by atoms with E-state index in [1.165, 1.54) is 0 Å². The zero-order valence-electron chi connectivity index (χ0n) is 14.0. The van der Waals surface area contributed by atoms with Crippen LogP contribution in [0.4, 0.5) is 0 Å². The minimum absolute atomic E-state index is 0.00487. The van der Waals surface area contributed by atoms with Crippen LogP contribution in [0.2, 0.25) is 5.02 Å². The number of benzene rings is 1. The van der Waals surface area contributed by atoms with E-state index < -0.39 is 11.9 Å². The minimum Gasteiger partial charge on any atom is -0.368 e. The van der Waals surface area contributed by atoms with E-state index in [9.17, 15) is 14.4 Å². The molecule has 1 atom stereocenters. The average molecular weight is 364 g/mol. The van der Waals surface area contributed by atoms with Gasteiger partial charge in [-0.3, -0.25) is 14.4 Å². The Hall–Kier alpha value is -2.08.